The Morgan fingerprint density at radius 3 is 2.68 bits per heavy atom. The molecule has 28 heavy (non-hydrogen) atoms. The Balaban J connectivity index is 1.83. The molecule has 0 aliphatic heterocycles. The molecule has 1 heterocycles. The van der Waals surface area contributed by atoms with Crippen molar-refractivity contribution in [3.05, 3.63) is 63.9 Å². The van der Waals surface area contributed by atoms with Crippen molar-refractivity contribution in [2.24, 2.45) is 0 Å². The van der Waals surface area contributed by atoms with E-state index in [9.17, 15) is 9.59 Å². The molecule has 1 unspecified atom stereocenters. The van der Waals surface area contributed by atoms with Crippen LogP contribution in [0.2, 0.25) is 0 Å². The number of benzene rings is 2. The highest BCUT2D eigenvalue weighted by molar-refractivity contribution is 8.00. The molecule has 1 N–H and O–H groups in total. The third-order valence-electron chi connectivity index (χ3n) is 4.91. The van der Waals surface area contributed by atoms with E-state index in [4.69, 9.17) is 4.98 Å². The lowest BCUT2D eigenvalue weighted by atomic mass is 10.1. The predicted octanol–water partition coefficient (Wildman–Crippen LogP) is 3.76. The molecule has 2 aromatic carbocycles. The Morgan fingerprint density at radius 1 is 1.21 bits per heavy atom. The Bertz CT molecular complexity index is 1120. The number of nitrogens with zero attached hydrogens (tertiary/aromatic N) is 2. The zero-order valence-corrected chi connectivity index (χ0v) is 17.0. The summed E-state index contributed by atoms with van der Waals surface area (Å²) in [6, 6.07) is 13.6. The number of rotatable bonds is 5. The Morgan fingerprint density at radius 2 is 1.96 bits per heavy atom. The first-order chi connectivity index (χ1) is 13.4. The largest absolute Gasteiger partial charge is 0.352 e. The van der Waals surface area contributed by atoms with Crippen molar-refractivity contribution in [3.63, 3.8) is 0 Å². The molecular formula is C22H23N3O2S. The van der Waals surface area contributed by atoms with Gasteiger partial charge in [0.2, 0.25) is 5.91 Å². The zero-order chi connectivity index (χ0) is 19.8. The molecule has 1 saturated carbocycles. The molecule has 1 aliphatic carbocycles. The van der Waals surface area contributed by atoms with Gasteiger partial charge in [-0.3, -0.25) is 14.2 Å². The number of carbonyl (C=O) groups is 1. The number of carbonyl (C=O) groups excluding carboxylic acids is 1. The minimum absolute atomic E-state index is 0.0120. The van der Waals surface area contributed by atoms with Gasteiger partial charge in [0.1, 0.15) is 0 Å². The number of aromatic nitrogens is 2. The molecule has 4 rings (SSSR count). The van der Waals surface area contributed by atoms with Gasteiger partial charge in [-0.2, -0.15) is 0 Å². The minimum Gasteiger partial charge on any atom is -0.352 e. The van der Waals surface area contributed by atoms with Crippen molar-refractivity contribution < 1.29 is 4.79 Å². The number of amides is 1. The number of para-hydroxylation sites is 1. The maximum atomic E-state index is 13.3. The average molecular weight is 394 g/mol. The predicted molar refractivity (Wildman–Crippen MR) is 113 cm³/mol. The van der Waals surface area contributed by atoms with Gasteiger partial charge in [0.15, 0.2) is 5.16 Å². The molecule has 144 valence electrons. The molecule has 1 amide bonds. The summed E-state index contributed by atoms with van der Waals surface area (Å²) < 4.78 is 1.64. The van der Waals surface area contributed by atoms with E-state index < -0.39 is 0 Å². The maximum Gasteiger partial charge on any atom is 0.266 e. The third-order valence-corrected chi connectivity index (χ3v) is 5.97. The van der Waals surface area contributed by atoms with Crippen LogP contribution in [0.4, 0.5) is 0 Å². The van der Waals surface area contributed by atoms with Gasteiger partial charge in [-0.15, -0.1) is 0 Å². The summed E-state index contributed by atoms with van der Waals surface area (Å²) in [7, 11) is 0. The van der Waals surface area contributed by atoms with Gasteiger partial charge in [-0.25, -0.2) is 4.98 Å². The van der Waals surface area contributed by atoms with Crippen LogP contribution in [0.15, 0.2) is 52.4 Å². The van der Waals surface area contributed by atoms with E-state index in [1.165, 1.54) is 11.8 Å². The fraction of sp³-hybridized carbons (Fsp3) is 0.318. The first kappa shape index (κ1) is 18.7. The smallest absolute Gasteiger partial charge is 0.266 e. The van der Waals surface area contributed by atoms with Gasteiger partial charge in [0.25, 0.3) is 5.56 Å². The number of fused-ring (bicyclic) bond motifs is 1. The third kappa shape index (κ3) is 3.69. The van der Waals surface area contributed by atoms with Gasteiger partial charge < -0.3 is 5.32 Å². The minimum atomic E-state index is -0.342. The van der Waals surface area contributed by atoms with Crippen LogP contribution in [0.25, 0.3) is 16.6 Å². The van der Waals surface area contributed by atoms with Crippen LogP contribution in [0, 0.1) is 13.8 Å². The molecule has 1 aliphatic rings. The summed E-state index contributed by atoms with van der Waals surface area (Å²) in [4.78, 5) is 30.5. The molecule has 0 bridgehead atoms. The highest BCUT2D eigenvalue weighted by Crippen LogP contribution is 2.27. The molecule has 5 nitrogen and oxygen atoms in total. The Labute approximate surface area is 168 Å². The van der Waals surface area contributed by atoms with Crippen molar-refractivity contribution in [1.82, 2.24) is 14.9 Å². The van der Waals surface area contributed by atoms with E-state index in [1.54, 1.807) is 10.6 Å². The molecule has 1 fully saturated rings. The molecule has 0 saturated heterocycles. The monoisotopic (exact) mass is 393 g/mol. The summed E-state index contributed by atoms with van der Waals surface area (Å²) in [6.45, 7) is 5.87. The van der Waals surface area contributed by atoms with Crippen molar-refractivity contribution in [2.75, 3.05) is 0 Å². The molecule has 0 radical (unpaired) electrons. The Kier molecular flexibility index (Phi) is 4.98. The Hall–Kier alpha value is -2.60. The summed E-state index contributed by atoms with van der Waals surface area (Å²) >= 11 is 1.32. The molecule has 1 aromatic heterocycles. The molecule has 3 aromatic rings. The number of thioether (sulfide) groups is 1. The maximum absolute atomic E-state index is 13.3. The number of hydrogen-bond donors (Lipinski definition) is 1. The topological polar surface area (TPSA) is 64.0 Å². The normalized spacial score (nSPS) is 14.8. The fourth-order valence-electron chi connectivity index (χ4n) is 3.22. The van der Waals surface area contributed by atoms with Crippen LogP contribution in [0.5, 0.6) is 0 Å². The summed E-state index contributed by atoms with van der Waals surface area (Å²) in [5.74, 6) is -0.0120. The van der Waals surface area contributed by atoms with Crippen molar-refractivity contribution in [1.29, 1.82) is 0 Å². The standard InChI is InChI=1S/C22H23N3O2S/c1-13-8-11-19(14(2)12-13)25-21(27)17-6-4-5-7-18(17)24-22(25)28-15(3)20(26)23-16-9-10-16/h4-8,11-12,15-16H,9-10H2,1-3H3,(H,23,26). The average Bonchev–Trinajstić information content (AvgIpc) is 3.47. The van der Waals surface area contributed by atoms with Gasteiger partial charge >= 0.3 is 0 Å². The van der Waals surface area contributed by atoms with E-state index in [0.717, 1.165) is 29.7 Å². The second-order valence-corrected chi connectivity index (χ2v) is 8.69. The summed E-state index contributed by atoms with van der Waals surface area (Å²) in [6.07, 6.45) is 2.09. The van der Waals surface area contributed by atoms with E-state index in [2.05, 4.69) is 11.4 Å². The second-order valence-electron chi connectivity index (χ2n) is 7.38. The van der Waals surface area contributed by atoms with Crippen molar-refractivity contribution in [2.45, 2.75) is 50.1 Å². The molecular weight excluding hydrogens is 370 g/mol. The molecule has 6 heteroatoms. The van der Waals surface area contributed by atoms with Crippen LogP contribution < -0.4 is 10.9 Å². The number of hydrogen-bond acceptors (Lipinski definition) is 4. The molecule has 0 spiro atoms. The van der Waals surface area contributed by atoms with E-state index in [1.807, 2.05) is 51.1 Å². The lowest BCUT2D eigenvalue weighted by molar-refractivity contribution is -0.120. The quantitative estimate of drug-likeness (QED) is 0.529. The van der Waals surface area contributed by atoms with Crippen LogP contribution in [0.3, 0.4) is 0 Å². The van der Waals surface area contributed by atoms with Crippen molar-refractivity contribution >= 4 is 28.6 Å². The van der Waals surface area contributed by atoms with E-state index in [-0.39, 0.29) is 16.7 Å². The number of nitrogens with one attached hydrogen (secondary N) is 1. The fourth-order valence-corrected chi connectivity index (χ4v) is 4.15. The van der Waals surface area contributed by atoms with Crippen LogP contribution in [0.1, 0.15) is 30.9 Å². The summed E-state index contributed by atoms with van der Waals surface area (Å²) in [5, 5.41) is 3.79. The van der Waals surface area contributed by atoms with Crippen LogP contribution in [-0.4, -0.2) is 26.8 Å². The summed E-state index contributed by atoms with van der Waals surface area (Å²) in [5.41, 5.74) is 3.46. The van der Waals surface area contributed by atoms with Gasteiger partial charge in [0, 0.05) is 6.04 Å². The molecule has 1 atom stereocenters. The first-order valence-corrected chi connectivity index (χ1v) is 10.4. The number of aryl methyl sites for hydroxylation is 2. The highest BCUT2D eigenvalue weighted by Gasteiger charge is 2.27. The first-order valence-electron chi connectivity index (χ1n) is 9.50. The van der Waals surface area contributed by atoms with Crippen LogP contribution in [-0.2, 0) is 4.79 Å². The SMILES string of the molecule is Cc1ccc(-n2c(SC(C)C(=O)NC3CC3)nc3ccccc3c2=O)c(C)c1. The highest BCUT2D eigenvalue weighted by atomic mass is 32.2. The van der Waals surface area contributed by atoms with Gasteiger partial charge in [0.05, 0.1) is 21.8 Å². The van der Waals surface area contributed by atoms with E-state index in [0.29, 0.717) is 22.1 Å². The van der Waals surface area contributed by atoms with Crippen molar-refractivity contribution in [3.8, 4) is 5.69 Å². The van der Waals surface area contributed by atoms with Crippen LogP contribution >= 0.6 is 11.8 Å². The second kappa shape index (κ2) is 7.43. The van der Waals surface area contributed by atoms with Gasteiger partial charge in [-0.1, -0.05) is 41.6 Å². The van der Waals surface area contributed by atoms with E-state index >= 15 is 0 Å². The lowest BCUT2D eigenvalue weighted by Crippen LogP contribution is -2.33. The van der Waals surface area contributed by atoms with Gasteiger partial charge in [-0.05, 0) is 57.4 Å². The lowest BCUT2D eigenvalue weighted by Gasteiger charge is -2.18. The zero-order valence-electron chi connectivity index (χ0n) is 16.2.